The summed E-state index contributed by atoms with van der Waals surface area (Å²) in [5.41, 5.74) is 2.25. The van der Waals surface area contributed by atoms with Gasteiger partial charge < -0.3 is 10.1 Å². The molecule has 1 aliphatic carbocycles. The zero-order chi connectivity index (χ0) is 15.3. The Morgan fingerprint density at radius 1 is 1.33 bits per heavy atom. The Morgan fingerprint density at radius 3 is 2.86 bits per heavy atom. The Hall–Kier alpha value is -1.23. The van der Waals surface area contributed by atoms with Crippen molar-refractivity contribution < 1.29 is 17.9 Å². The SMILES string of the molecule is CCCNC1CCCc2c(OCCC(F)(F)F)cccc21. The van der Waals surface area contributed by atoms with Crippen molar-refractivity contribution in [3.8, 4) is 5.75 Å². The largest absolute Gasteiger partial charge is 0.493 e. The molecular formula is C16H22F3NO. The molecule has 118 valence electrons. The van der Waals surface area contributed by atoms with Gasteiger partial charge in [-0.1, -0.05) is 19.1 Å². The van der Waals surface area contributed by atoms with E-state index in [4.69, 9.17) is 4.74 Å². The summed E-state index contributed by atoms with van der Waals surface area (Å²) in [6, 6.07) is 5.99. The third-order valence-corrected chi connectivity index (χ3v) is 3.75. The molecule has 0 heterocycles. The van der Waals surface area contributed by atoms with Crippen LogP contribution in [0.4, 0.5) is 13.2 Å². The molecule has 0 spiro atoms. The van der Waals surface area contributed by atoms with E-state index in [9.17, 15) is 13.2 Å². The van der Waals surface area contributed by atoms with Crippen molar-refractivity contribution in [2.45, 2.75) is 51.2 Å². The molecule has 0 saturated carbocycles. The number of ether oxygens (including phenoxy) is 1. The fraction of sp³-hybridized carbons (Fsp3) is 0.625. The summed E-state index contributed by atoms with van der Waals surface area (Å²) in [5.74, 6) is 0.611. The van der Waals surface area contributed by atoms with E-state index in [0.717, 1.165) is 37.8 Å². The molecule has 0 fully saturated rings. The van der Waals surface area contributed by atoms with Crippen LogP contribution in [0.1, 0.15) is 49.8 Å². The predicted octanol–water partition coefficient (Wildman–Crippen LogP) is 4.39. The van der Waals surface area contributed by atoms with Gasteiger partial charge in [0.05, 0.1) is 13.0 Å². The highest BCUT2D eigenvalue weighted by Crippen LogP contribution is 2.35. The number of nitrogens with one attached hydrogen (secondary N) is 1. The first-order chi connectivity index (χ1) is 10.0. The van der Waals surface area contributed by atoms with Crippen LogP contribution in [0, 0.1) is 0 Å². The first-order valence-corrected chi connectivity index (χ1v) is 7.56. The monoisotopic (exact) mass is 301 g/mol. The maximum atomic E-state index is 12.2. The molecule has 0 bridgehead atoms. The standard InChI is InChI=1S/C16H22F3NO/c1-2-10-20-14-7-3-6-13-12(14)5-4-8-15(13)21-11-9-16(17,18)19/h4-5,8,14,20H,2-3,6-7,9-11H2,1H3. The van der Waals surface area contributed by atoms with Gasteiger partial charge >= 0.3 is 6.18 Å². The second-order valence-corrected chi connectivity index (χ2v) is 5.44. The van der Waals surface area contributed by atoms with Crippen LogP contribution in [-0.2, 0) is 6.42 Å². The van der Waals surface area contributed by atoms with Crippen molar-refractivity contribution >= 4 is 0 Å². The minimum atomic E-state index is -4.17. The van der Waals surface area contributed by atoms with Crippen LogP contribution < -0.4 is 10.1 Å². The Labute approximate surface area is 123 Å². The predicted molar refractivity (Wildman–Crippen MR) is 76.6 cm³/mol. The van der Waals surface area contributed by atoms with Crippen LogP contribution >= 0.6 is 0 Å². The number of halogens is 3. The van der Waals surface area contributed by atoms with E-state index in [0.29, 0.717) is 11.8 Å². The number of hydrogen-bond acceptors (Lipinski definition) is 2. The molecule has 2 rings (SSSR count). The molecule has 1 atom stereocenters. The fourth-order valence-corrected chi connectivity index (χ4v) is 2.76. The molecular weight excluding hydrogens is 279 g/mol. The van der Waals surface area contributed by atoms with Gasteiger partial charge in [0, 0.05) is 6.04 Å². The van der Waals surface area contributed by atoms with Gasteiger partial charge in [-0.2, -0.15) is 13.2 Å². The zero-order valence-corrected chi connectivity index (χ0v) is 12.3. The average Bonchev–Trinajstić information content (AvgIpc) is 2.44. The lowest BCUT2D eigenvalue weighted by Crippen LogP contribution is -2.26. The van der Waals surface area contributed by atoms with E-state index in [2.05, 4.69) is 18.3 Å². The Balaban J connectivity index is 2.06. The van der Waals surface area contributed by atoms with Crippen LogP contribution in [0.15, 0.2) is 18.2 Å². The highest BCUT2D eigenvalue weighted by Gasteiger charge is 2.27. The molecule has 0 amide bonds. The van der Waals surface area contributed by atoms with Gasteiger partial charge in [-0.25, -0.2) is 0 Å². The number of alkyl halides is 3. The van der Waals surface area contributed by atoms with Crippen molar-refractivity contribution in [1.29, 1.82) is 0 Å². The first-order valence-electron chi connectivity index (χ1n) is 7.56. The van der Waals surface area contributed by atoms with E-state index in [-0.39, 0.29) is 6.61 Å². The second-order valence-electron chi connectivity index (χ2n) is 5.44. The maximum absolute atomic E-state index is 12.2. The Morgan fingerprint density at radius 2 is 2.14 bits per heavy atom. The van der Waals surface area contributed by atoms with Gasteiger partial charge in [0.2, 0.25) is 0 Å². The molecule has 0 radical (unpaired) electrons. The average molecular weight is 301 g/mol. The molecule has 0 aliphatic heterocycles. The lowest BCUT2D eigenvalue weighted by molar-refractivity contribution is -0.139. The van der Waals surface area contributed by atoms with Crippen LogP contribution in [0.3, 0.4) is 0 Å². The smallest absolute Gasteiger partial charge is 0.392 e. The normalized spacial score (nSPS) is 18.4. The van der Waals surface area contributed by atoms with Crippen LogP contribution in [0.25, 0.3) is 0 Å². The van der Waals surface area contributed by atoms with Crippen molar-refractivity contribution in [3.05, 3.63) is 29.3 Å². The molecule has 0 saturated heterocycles. The molecule has 1 unspecified atom stereocenters. The first kappa shape index (κ1) is 16.1. The van der Waals surface area contributed by atoms with Crippen LogP contribution in [0.2, 0.25) is 0 Å². The van der Waals surface area contributed by atoms with Crippen molar-refractivity contribution in [3.63, 3.8) is 0 Å². The highest BCUT2D eigenvalue weighted by molar-refractivity contribution is 5.43. The molecule has 1 aromatic rings. The number of fused-ring (bicyclic) bond motifs is 1. The second kappa shape index (κ2) is 7.16. The third kappa shape index (κ3) is 4.63. The van der Waals surface area contributed by atoms with E-state index in [1.807, 2.05) is 6.07 Å². The van der Waals surface area contributed by atoms with E-state index in [1.165, 1.54) is 5.56 Å². The topological polar surface area (TPSA) is 21.3 Å². The van der Waals surface area contributed by atoms with E-state index < -0.39 is 12.6 Å². The van der Waals surface area contributed by atoms with Gasteiger partial charge in [-0.05, 0) is 49.4 Å². The van der Waals surface area contributed by atoms with Crippen molar-refractivity contribution in [1.82, 2.24) is 5.32 Å². The summed E-state index contributed by atoms with van der Waals surface area (Å²) >= 11 is 0. The van der Waals surface area contributed by atoms with E-state index >= 15 is 0 Å². The summed E-state index contributed by atoms with van der Waals surface area (Å²) in [6.07, 6.45) is -1.03. The van der Waals surface area contributed by atoms with Gasteiger partial charge in [0.1, 0.15) is 5.75 Å². The number of hydrogen-bond donors (Lipinski definition) is 1. The minimum Gasteiger partial charge on any atom is -0.493 e. The fourth-order valence-electron chi connectivity index (χ4n) is 2.76. The molecule has 2 nitrogen and oxygen atoms in total. The van der Waals surface area contributed by atoms with Crippen LogP contribution in [0.5, 0.6) is 5.75 Å². The quantitative estimate of drug-likeness (QED) is 0.841. The Kier molecular flexibility index (Phi) is 5.51. The van der Waals surface area contributed by atoms with Crippen molar-refractivity contribution in [2.24, 2.45) is 0 Å². The third-order valence-electron chi connectivity index (χ3n) is 3.75. The molecule has 1 aliphatic rings. The van der Waals surface area contributed by atoms with Crippen molar-refractivity contribution in [2.75, 3.05) is 13.2 Å². The highest BCUT2D eigenvalue weighted by atomic mass is 19.4. The Bertz CT molecular complexity index is 459. The molecule has 21 heavy (non-hydrogen) atoms. The summed E-state index contributed by atoms with van der Waals surface area (Å²) in [7, 11) is 0. The summed E-state index contributed by atoms with van der Waals surface area (Å²) in [4.78, 5) is 0. The molecule has 5 heteroatoms. The molecule has 1 N–H and O–H groups in total. The zero-order valence-electron chi connectivity index (χ0n) is 12.3. The molecule has 0 aromatic heterocycles. The summed E-state index contributed by atoms with van der Waals surface area (Å²) in [6.45, 7) is 2.75. The lowest BCUT2D eigenvalue weighted by atomic mass is 9.87. The maximum Gasteiger partial charge on any atom is 0.392 e. The van der Waals surface area contributed by atoms with Gasteiger partial charge in [-0.3, -0.25) is 0 Å². The van der Waals surface area contributed by atoms with Gasteiger partial charge in [0.25, 0.3) is 0 Å². The number of rotatable bonds is 6. The summed E-state index contributed by atoms with van der Waals surface area (Å²) in [5, 5.41) is 3.50. The van der Waals surface area contributed by atoms with Gasteiger partial charge in [0.15, 0.2) is 0 Å². The number of benzene rings is 1. The minimum absolute atomic E-state index is 0.292. The van der Waals surface area contributed by atoms with E-state index in [1.54, 1.807) is 6.07 Å². The van der Waals surface area contributed by atoms with Gasteiger partial charge in [-0.15, -0.1) is 0 Å². The lowest BCUT2D eigenvalue weighted by Gasteiger charge is -2.28. The summed E-state index contributed by atoms with van der Waals surface area (Å²) < 4.78 is 42.0. The van der Waals surface area contributed by atoms with Crippen LogP contribution in [-0.4, -0.2) is 19.3 Å². The molecule has 1 aromatic carbocycles.